The van der Waals surface area contributed by atoms with Crippen molar-refractivity contribution in [3.05, 3.63) is 23.9 Å². The molecule has 0 spiro atoms. The highest BCUT2D eigenvalue weighted by Crippen LogP contribution is 2.28. The molecule has 1 aromatic heterocycles. The van der Waals surface area contributed by atoms with Crippen LogP contribution in [0, 0.1) is 0 Å². The average molecular weight is 236 g/mol. The second-order valence-corrected chi connectivity index (χ2v) is 4.71. The van der Waals surface area contributed by atoms with E-state index >= 15 is 0 Å². The Bertz CT molecular complexity index is 362. The summed E-state index contributed by atoms with van der Waals surface area (Å²) < 4.78 is 5.07. The molecule has 94 valence electrons. The molecule has 0 unspecified atom stereocenters. The summed E-state index contributed by atoms with van der Waals surface area (Å²) in [6.45, 7) is 1.31. The molecule has 0 amide bonds. The molecule has 0 aromatic carbocycles. The summed E-state index contributed by atoms with van der Waals surface area (Å²) in [6.07, 6.45) is 4.09. The summed E-state index contributed by atoms with van der Waals surface area (Å²) in [5.74, 6) is 0.629. The van der Waals surface area contributed by atoms with Crippen molar-refractivity contribution in [2.24, 2.45) is 0 Å². The molecular weight excluding hydrogens is 216 g/mol. The Morgan fingerprint density at radius 3 is 2.88 bits per heavy atom. The third-order valence-corrected chi connectivity index (χ3v) is 3.28. The minimum Gasteiger partial charge on any atom is -0.481 e. The normalized spacial score (nSPS) is 18.2. The molecule has 0 radical (unpaired) electrons. The van der Waals surface area contributed by atoms with E-state index in [9.17, 15) is 5.11 Å². The van der Waals surface area contributed by atoms with Gasteiger partial charge in [-0.3, -0.25) is 0 Å². The molecule has 1 fully saturated rings. The lowest BCUT2D eigenvalue weighted by Crippen LogP contribution is -2.37. The lowest BCUT2D eigenvalue weighted by molar-refractivity contribution is 0.0474. The fourth-order valence-electron chi connectivity index (χ4n) is 2.30. The molecule has 2 rings (SSSR count). The van der Waals surface area contributed by atoms with Crippen molar-refractivity contribution < 1.29 is 9.84 Å². The molecule has 17 heavy (non-hydrogen) atoms. The van der Waals surface area contributed by atoms with Gasteiger partial charge in [0.15, 0.2) is 0 Å². The second-order valence-electron chi connectivity index (χ2n) is 4.71. The number of aromatic nitrogens is 1. The predicted octanol–water partition coefficient (Wildman–Crippen LogP) is 1.48. The van der Waals surface area contributed by atoms with E-state index in [-0.39, 0.29) is 0 Å². The van der Waals surface area contributed by atoms with E-state index in [1.807, 2.05) is 18.2 Å². The number of methoxy groups -OCH3 is 1. The first kappa shape index (κ1) is 12.3. The van der Waals surface area contributed by atoms with Gasteiger partial charge >= 0.3 is 0 Å². The van der Waals surface area contributed by atoms with Gasteiger partial charge in [0.1, 0.15) is 0 Å². The molecule has 0 saturated heterocycles. The number of pyridine rings is 1. The summed E-state index contributed by atoms with van der Waals surface area (Å²) in [5, 5.41) is 13.4. The molecule has 4 heteroatoms. The number of hydrogen-bond acceptors (Lipinski definition) is 4. The van der Waals surface area contributed by atoms with E-state index < -0.39 is 5.60 Å². The first-order chi connectivity index (χ1) is 8.22. The summed E-state index contributed by atoms with van der Waals surface area (Å²) in [4.78, 5) is 4.31. The van der Waals surface area contributed by atoms with Crippen LogP contribution in [0.3, 0.4) is 0 Å². The molecular formula is C13H20N2O2. The van der Waals surface area contributed by atoms with Crippen molar-refractivity contribution in [1.29, 1.82) is 0 Å². The van der Waals surface area contributed by atoms with Gasteiger partial charge in [-0.25, -0.2) is 4.98 Å². The number of rotatable bonds is 5. The van der Waals surface area contributed by atoms with E-state index in [1.54, 1.807) is 7.11 Å². The highest BCUT2D eigenvalue weighted by molar-refractivity contribution is 5.15. The van der Waals surface area contributed by atoms with Gasteiger partial charge in [-0.2, -0.15) is 0 Å². The molecule has 0 aliphatic heterocycles. The van der Waals surface area contributed by atoms with Crippen molar-refractivity contribution in [1.82, 2.24) is 10.3 Å². The van der Waals surface area contributed by atoms with Crippen LogP contribution >= 0.6 is 0 Å². The molecule has 2 N–H and O–H groups in total. The number of aliphatic hydroxyl groups is 1. The Morgan fingerprint density at radius 2 is 2.18 bits per heavy atom. The van der Waals surface area contributed by atoms with Crippen LogP contribution in [0.4, 0.5) is 0 Å². The van der Waals surface area contributed by atoms with E-state index in [4.69, 9.17) is 4.74 Å². The third-order valence-electron chi connectivity index (χ3n) is 3.28. The maximum Gasteiger partial charge on any atom is 0.213 e. The molecule has 1 heterocycles. The van der Waals surface area contributed by atoms with Crippen molar-refractivity contribution in [2.45, 2.75) is 37.8 Å². The lowest BCUT2D eigenvalue weighted by atomic mass is 10.0. The fourth-order valence-corrected chi connectivity index (χ4v) is 2.30. The smallest absolute Gasteiger partial charge is 0.213 e. The lowest BCUT2D eigenvalue weighted by Gasteiger charge is -2.22. The van der Waals surface area contributed by atoms with Crippen molar-refractivity contribution in [3.63, 3.8) is 0 Å². The number of nitrogens with one attached hydrogen (secondary N) is 1. The van der Waals surface area contributed by atoms with Gasteiger partial charge in [0.25, 0.3) is 0 Å². The van der Waals surface area contributed by atoms with Gasteiger partial charge in [-0.15, -0.1) is 0 Å². The van der Waals surface area contributed by atoms with Gasteiger partial charge in [-0.05, 0) is 18.9 Å². The van der Waals surface area contributed by atoms with Crippen molar-refractivity contribution >= 4 is 0 Å². The minimum atomic E-state index is -0.501. The minimum absolute atomic E-state index is 0.501. The van der Waals surface area contributed by atoms with Crippen LogP contribution in [0.15, 0.2) is 18.2 Å². The maximum atomic E-state index is 10.2. The molecule has 1 saturated carbocycles. The molecule has 1 aromatic rings. The van der Waals surface area contributed by atoms with Crippen molar-refractivity contribution in [3.8, 4) is 5.88 Å². The molecule has 0 atom stereocenters. The van der Waals surface area contributed by atoms with Gasteiger partial charge in [0, 0.05) is 19.2 Å². The third kappa shape index (κ3) is 3.41. The average Bonchev–Trinajstić information content (AvgIpc) is 2.77. The van der Waals surface area contributed by atoms with Gasteiger partial charge in [0.2, 0.25) is 5.88 Å². The molecule has 1 aliphatic rings. The van der Waals surface area contributed by atoms with E-state index in [2.05, 4.69) is 10.3 Å². The highest BCUT2D eigenvalue weighted by Gasteiger charge is 2.30. The molecule has 1 aliphatic carbocycles. The van der Waals surface area contributed by atoms with Gasteiger partial charge < -0.3 is 15.2 Å². The Morgan fingerprint density at radius 1 is 1.41 bits per heavy atom. The van der Waals surface area contributed by atoms with Crippen LogP contribution in [-0.4, -0.2) is 29.3 Å². The second kappa shape index (κ2) is 5.47. The van der Waals surface area contributed by atoms with E-state index in [0.29, 0.717) is 19.0 Å². The van der Waals surface area contributed by atoms with E-state index in [0.717, 1.165) is 31.4 Å². The molecule has 0 bridgehead atoms. The van der Waals surface area contributed by atoms with E-state index in [1.165, 1.54) is 0 Å². The predicted molar refractivity (Wildman–Crippen MR) is 65.9 cm³/mol. The Balaban J connectivity index is 1.81. The Kier molecular flexibility index (Phi) is 3.97. The van der Waals surface area contributed by atoms with Crippen LogP contribution in [0.25, 0.3) is 0 Å². The van der Waals surface area contributed by atoms with Crippen molar-refractivity contribution in [2.75, 3.05) is 13.7 Å². The summed E-state index contributed by atoms with van der Waals surface area (Å²) in [7, 11) is 1.61. The van der Waals surface area contributed by atoms with Gasteiger partial charge in [-0.1, -0.05) is 18.9 Å². The Labute approximate surface area is 102 Å². The zero-order chi connectivity index (χ0) is 12.1. The highest BCUT2D eigenvalue weighted by atomic mass is 16.5. The largest absolute Gasteiger partial charge is 0.481 e. The molecule has 4 nitrogen and oxygen atoms in total. The van der Waals surface area contributed by atoms with Crippen LogP contribution in [-0.2, 0) is 6.54 Å². The SMILES string of the molecule is COc1cccc(CNCC2(O)CCCC2)n1. The van der Waals surface area contributed by atoms with Crippen LogP contribution < -0.4 is 10.1 Å². The zero-order valence-electron chi connectivity index (χ0n) is 10.3. The monoisotopic (exact) mass is 236 g/mol. The first-order valence-electron chi connectivity index (χ1n) is 6.15. The number of ether oxygens (including phenoxy) is 1. The number of nitrogens with zero attached hydrogens (tertiary/aromatic N) is 1. The van der Waals surface area contributed by atoms with Crippen LogP contribution in [0.1, 0.15) is 31.4 Å². The first-order valence-corrected chi connectivity index (χ1v) is 6.15. The maximum absolute atomic E-state index is 10.2. The fraction of sp³-hybridized carbons (Fsp3) is 0.615. The standard InChI is InChI=1S/C13H20N2O2/c1-17-12-6-4-5-11(15-12)9-14-10-13(16)7-2-3-8-13/h4-6,14,16H,2-3,7-10H2,1H3. The van der Waals surface area contributed by atoms with Crippen LogP contribution in [0.2, 0.25) is 0 Å². The topological polar surface area (TPSA) is 54.4 Å². The van der Waals surface area contributed by atoms with Crippen LogP contribution in [0.5, 0.6) is 5.88 Å². The Hall–Kier alpha value is -1.13. The quantitative estimate of drug-likeness (QED) is 0.813. The summed E-state index contributed by atoms with van der Waals surface area (Å²) in [6, 6.07) is 5.70. The van der Waals surface area contributed by atoms with Gasteiger partial charge in [0.05, 0.1) is 18.4 Å². The summed E-state index contributed by atoms with van der Waals surface area (Å²) >= 11 is 0. The zero-order valence-corrected chi connectivity index (χ0v) is 10.3. The summed E-state index contributed by atoms with van der Waals surface area (Å²) in [5.41, 5.74) is 0.435. The number of hydrogen-bond donors (Lipinski definition) is 2.